The fraction of sp³-hybridized carbons (Fsp3) is 0.294. The van der Waals surface area contributed by atoms with Gasteiger partial charge in [0.25, 0.3) is 0 Å². The topological polar surface area (TPSA) is 43.4 Å². The lowest BCUT2D eigenvalue weighted by molar-refractivity contribution is 0.358. The first-order valence-corrected chi connectivity index (χ1v) is 8.03. The van der Waals surface area contributed by atoms with Crippen LogP contribution in [-0.2, 0) is 0 Å². The Bertz CT molecular complexity index is 649. The molecule has 5 heteroatoms. The Morgan fingerprint density at radius 1 is 1.32 bits per heavy atom. The molecule has 0 saturated carbocycles. The molecule has 1 aromatic carbocycles. The Labute approximate surface area is 136 Å². The smallest absolute Gasteiger partial charge is 0.190 e. The molecule has 0 aliphatic carbocycles. The third kappa shape index (κ3) is 3.04. The van der Waals surface area contributed by atoms with Crippen LogP contribution in [0.1, 0.15) is 37.1 Å². The van der Waals surface area contributed by atoms with Crippen molar-refractivity contribution < 1.29 is 0 Å². The van der Waals surface area contributed by atoms with Crippen molar-refractivity contribution in [2.45, 2.75) is 25.8 Å². The van der Waals surface area contributed by atoms with Gasteiger partial charge in [0.15, 0.2) is 5.11 Å². The summed E-state index contributed by atoms with van der Waals surface area (Å²) in [5, 5.41) is 10.7. The molecule has 1 aromatic heterocycles. The standard InChI is InChI=1S/C17H20N4S/c1-2-10-19-17(22)21-16(14-9-6-11-18-14)12-15(20-21)13-7-4-3-5-8-13/h3-9,11,16,18H,2,10,12H2,1H3,(H,19,22). The Hall–Kier alpha value is -2.14. The van der Waals surface area contributed by atoms with Crippen LogP contribution in [0, 0.1) is 0 Å². The Kier molecular flexibility index (Phi) is 4.53. The molecular formula is C17H20N4S. The highest BCUT2D eigenvalue weighted by atomic mass is 32.1. The average Bonchev–Trinajstić information content (AvgIpc) is 3.22. The average molecular weight is 312 g/mol. The lowest BCUT2D eigenvalue weighted by Gasteiger charge is -2.23. The van der Waals surface area contributed by atoms with Crippen LogP contribution in [0.3, 0.4) is 0 Å². The van der Waals surface area contributed by atoms with Crippen molar-refractivity contribution in [1.29, 1.82) is 0 Å². The molecule has 2 N–H and O–H groups in total. The van der Waals surface area contributed by atoms with Crippen LogP contribution in [0.4, 0.5) is 0 Å². The van der Waals surface area contributed by atoms with E-state index in [0.717, 1.165) is 36.4 Å². The van der Waals surface area contributed by atoms with E-state index >= 15 is 0 Å². The summed E-state index contributed by atoms with van der Waals surface area (Å²) in [6, 6.07) is 14.5. The molecular weight excluding hydrogens is 292 g/mol. The van der Waals surface area contributed by atoms with Gasteiger partial charge in [-0.1, -0.05) is 37.3 Å². The van der Waals surface area contributed by atoms with E-state index in [0.29, 0.717) is 5.11 Å². The number of nitrogens with zero attached hydrogens (tertiary/aromatic N) is 2. The number of hydrogen-bond acceptors (Lipinski definition) is 2. The third-order valence-electron chi connectivity index (χ3n) is 3.73. The fourth-order valence-electron chi connectivity index (χ4n) is 2.61. The third-order valence-corrected chi connectivity index (χ3v) is 4.06. The van der Waals surface area contributed by atoms with Crippen molar-refractivity contribution in [2.75, 3.05) is 6.54 Å². The van der Waals surface area contributed by atoms with Crippen molar-refractivity contribution >= 4 is 23.0 Å². The van der Waals surface area contributed by atoms with Crippen LogP contribution in [0.15, 0.2) is 53.8 Å². The predicted molar refractivity (Wildman–Crippen MR) is 93.9 cm³/mol. The molecule has 1 unspecified atom stereocenters. The predicted octanol–water partition coefficient (Wildman–Crippen LogP) is 3.45. The van der Waals surface area contributed by atoms with E-state index in [2.05, 4.69) is 35.4 Å². The SMILES string of the molecule is CCCNC(=S)N1N=C(c2ccccc2)CC1c1ccc[nH]1. The number of aromatic nitrogens is 1. The second-order valence-corrected chi connectivity index (χ2v) is 5.72. The number of hydrazone groups is 1. The molecule has 0 bridgehead atoms. The van der Waals surface area contributed by atoms with Gasteiger partial charge in [0.05, 0.1) is 5.71 Å². The number of benzene rings is 1. The molecule has 0 amide bonds. The Morgan fingerprint density at radius 3 is 2.82 bits per heavy atom. The van der Waals surface area contributed by atoms with Crippen LogP contribution < -0.4 is 5.32 Å². The molecule has 3 rings (SSSR count). The zero-order valence-corrected chi connectivity index (χ0v) is 13.4. The largest absolute Gasteiger partial charge is 0.363 e. The zero-order valence-electron chi connectivity index (χ0n) is 12.6. The van der Waals surface area contributed by atoms with Gasteiger partial charge in [-0.25, -0.2) is 5.01 Å². The van der Waals surface area contributed by atoms with Gasteiger partial charge in [0.1, 0.15) is 6.04 Å². The number of H-pyrrole nitrogens is 1. The lowest BCUT2D eigenvalue weighted by Crippen LogP contribution is -2.37. The van der Waals surface area contributed by atoms with Crippen LogP contribution in [0.5, 0.6) is 0 Å². The molecule has 0 fully saturated rings. The normalized spacial score (nSPS) is 17.4. The molecule has 0 radical (unpaired) electrons. The Balaban J connectivity index is 1.87. The molecule has 2 aromatic rings. The van der Waals surface area contributed by atoms with Crippen molar-refractivity contribution in [1.82, 2.24) is 15.3 Å². The quantitative estimate of drug-likeness (QED) is 0.850. The maximum Gasteiger partial charge on any atom is 0.190 e. The van der Waals surface area contributed by atoms with E-state index in [-0.39, 0.29) is 6.04 Å². The minimum atomic E-state index is 0.127. The number of aromatic amines is 1. The minimum Gasteiger partial charge on any atom is -0.363 e. The molecule has 1 aliphatic rings. The maximum atomic E-state index is 5.53. The molecule has 2 heterocycles. The van der Waals surface area contributed by atoms with Crippen molar-refractivity contribution in [3.63, 3.8) is 0 Å². The number of hydrogen-bond donors (Lipinski definition) is 2. The van der Waals surface area contributed by atoms with E-state index in [1.54, 1.807) is 0 Å². The molecule has 0 saturated heterocycles. The van der Waals surface area contributed by atoms with Gasteiger partial charge in [-0.05, 0) is 36.3 Å². The van der Waals surface area contributed by atoms with Crippen LogP contribution >= 0.6 is 12.2 Å². The van der Waals surface area contributed by atoms with Gasteiger partial charge in [-0.2, -0.15) is 5.10 Å². The zero-order chi connectivity index (χ0) is 15.4. The molecule has 0 spiro atoms. The van der Waals surface area contributed by atoms with Crippen molar-refractivity contribution in [3.05, 3.63) is 59.9 Å². The first-order valence-electron chi connectivity index (χ1n) is 7.63. The summed E-state index contributed by atoms with van der Waals surface area (Å²) in [7, 11) is 0. The second-order valence-electron chi connectivity index (χ2n) is 5.33. The lowest BCUT2D eigenvalue weighted by atomic mass is 10.0. The van der Waals surface area contributed by atoms with Crippen LogP contribution in [-0.4, -0.2) is 27.4 Å². The van der Waals surface area contributed by atoms with Crippen molar-refractivity contribution in [2.24, 2.45) is 5.10 Å². The first-order chi connectivity index (χ1) is 10.8. The molecule has 4 nitrogen and oxygen atoms in total. The first kappa shape index (κ1) is 14.8. The summed E-state index contributed by atoms with van der Waals surface area (Å²) in [6.07, 6.45) is 3.82. The summed E-state index contributed by atoms with van der Waals surface area (Å²) >= 11 is 5.53. The minimum absolute atomic E-state index is 0.127. The van der Waals surface area contributed by atoms with Gasteiger partial charge >= 0.3 is 0 Å². The molecule has 114 valence electrons. The summed E-state index contributed by atoms with van der Waals surface area (Å²) in [5.74, 6) is 0. The monoisotopic (exact) mass is 312 g/mol. The maximum absolute atomic E-state index is 5.53. The summed E-state index contributed by atoms with van der Waals surface area (Å²) < 4.78 is 0. The van der Waals surface area contributed by atoms with Crippen LogP contribution in [0.25, 0.3) is 0 Å². The summed E-state index contributed by atoms with van der Waals surface area (Å²) in [4.78, 5) is 3.29. The van der Waals surface area contributed by atoms with Gasteiger partial charge in [-0.3, -0.25) is 0 Å². The van der Waals surface area contributed by atoms with E-state index in [4.69, 9.17) is 17.3 Å². The van der Waals surface area contributed by atoms with E-state index in [9.17, 15) is 0 Å². The summed E-state index contributed by atoms with van der Waals surface area (Å²) in [6.45, 7) is 2.99. The van der Waals surface area contributed by atoms with E-state index < -0.39 is 0 Å². The highest BCUT2D eigenvalue weighted by Crippen LogP contribution is 2.31. The molecule has 22 heavy (non-hydrogen) atoms. The Morgan fingerprint density at radius 2 is 2.14 bits per heavy atom. The van der Waals surface area contributed by atoms with Gasteiger partial charge in [-0.15, -0.1) is 0 Å². The fourth-order valence-corrected chi connectivity index (χ4v) is 2.88. The van der Waals surface area contributed by atoms with Gasteiger partial charge in [0.2, 0.25) is 0 Å². The van der Waals surface area contributed by atoms with Gasteiger partial charge < -0.3 is 10.3 Å². The highest BCUT2D eigenvalue weighted by Gasteiger charge is 2.31. The molecule has 1 atom stereocenters. The van der Waals surface area contributed by atoms with E-state index in [1.807, 2.05) is 35.5 Å². The number of thiocarbonyl (C=S) groups is 1. The second kappa shape index (κ2) is 6.75. The highest BCUT2D eigenvalue weighted by molar-refractivity contribution is 7.80. The number of nitrogens with one attached hydrogen (secondary N) is 2. The summed E-state index contributed by atoms with van der Waals surface area (Å²) in [5.41, 5.74) is 3.36. The van der Waals surface area contributed by atoms with Crippen molar-refractivity contribution in [3.8, 4) is 0 Å². The number of rotatable bonds is 4. The van der Waals surface area contributed by atoms with Crippen LogP contribution in [0.2, 0.25) is 0 Å². The van der Waals surface area contributed by atoms with Gasteiger partial charge in [0, 0.05) is 24.9 Å². The van der Waals surface area contributed by atoms with E-state index in [1.165, 1.54) is 0 Å². The molecule has 1 aliphatic heterocycles.